The topological polar surface area (TPSA) is 53.2 Å². The third-order valence-electron chi connectivity index (χ3n) is 3.64. The van der Waals surface area contributed by atoms with Crippen molar-refractivity contribution in [2.75, 3.05) is 18.4 Å². The van der Waals surface area contributed by atoms with E-state index in [0.29, 0.717) is 5.92 Å². The highest BCUT2D eigenvalue weighted by atomic mass is 19.4. The van der Waals surface area contributed by atoms with E-state index in [1.54, 1.807) is 0 Å². The van der Waals surface area contributed by atoms with Crippen LogP contribution in [0.1, 0.15) is 18.9 Å². The van der Waals surface area contributed by atoms with Crippen LogP contribution in [0.15, 0.2) is 24.3 Å². The smallest absolute Gasteiger partial charge is 0.335 e. The summed E-state index contributed by atoms with van der Waals surface area (Å²) in [5.41, 5.74) is -1.09. The molecule has 2 rings (SSSR count). The summed E-state index contributed by atoms with van der Waals surface area (Å²) in [5.74, 6) is 0.300. The fourth-order valence-electron chi connectivity index (χ4n) is 2.43. The molecule has 2 atom stereocenters. The molecule has 0 aromatic heterocycles. The van der Waals surface area contributed by atoms with Crippen molar-refractivity contribution >= 4 is 11.7 Å². The van der Waals surface area contributed by atoms with E-state index >= 15 is 0 Å². The molecule has 21 heavy (non-hydrogen) atoms. The summed E-state index contributed by atoms with van der Waals surface area (Å²) in [6, 6.07) is 4.21. The van der Waals surface area contributed by atoms with Gasteiger partial charge in [-0.1, -0.05) is 12.1 Å². The van der Waals surface area contributed by atoms with Crippen molar-refractivity contribution in [2.45, 2.75) is 25.6 Å². The minimum absolute atomic E-state index is 0.0990. The number of hydrogen-bond donors (Lipinski definition) is 3. The van der Waals surface area contributed by atoms with Crippen LogP contribution < -0.4 is 16.0 Å². The highest BCUT2D eigenvalue weighted by Gasteiger charge is 2.33. The van der Waals surface area contributed by atoms with Gasteiger partial charge in [-0.2, -0.15) is 13.2 Å². The van der Waals surface area contributed by atoms with Gasteiger partial charge in [-0.05, 0) is 44.5 Å². The molecular weight excluding hydrogens is 283 g/mol. The standard InChI is InChI=1S/C14H18F3N3O/c1-9(10-6-7-18-8-10)19-13(21)20-12-5-3-2-4-11(12)14(15,16)17/h2-5,9-10,18H,6-8H2,1H3,(H2,19,20,21). The van der Waals surface area contributed by atoms with Crippen LogP contribution in [-0.2, 0) is 6.18 Å². The van der Waals surface area contributed by atoms with Gasteiger partial charge in [0.25, 0.3) is 0 Å². The Morgan fingerprint density at radius 3 is 2.71 bits per heavy atom. The normalized spacial score (nSPS) is 20.1. The molecule has 1 aliphatic heterocycles. The molecule has 1 fully saturated rings. The van der Waals surface area contributed by atoms with Crippen LogP contribution in [0.3, 0.4) is 0 Å². The van der Waals surface area contributed by atoms with Crippen LogP contribution in [0.2, 0.25) is 0 Å². The van der Waals surface area contributed by atoms with Crippen molar-refractivity contribution in [3.8, 4) is 0 Å². The van der Waals surface area contributed by atoms with Gasteiger partial charge < -0.3 is 16.0 Å². The Morgan fingerprint density at radius 1 is 1.38 bits per heavy atom. The number of urea groups is 1. The molecule has 1 aromatic carbocycles. The Labute approximate surface area is 121 Å². The second-order valence-electron chi connectivity index (χ2n) is 5.18. The van der Waals surface area contributed by atoms with Crippen molar-refractivity contribution in [1.29, 1.82) is 0 Å². The minimum Gasteiger partial charge on any atom is -0.335 e. The summed E-state index contributed by atoms with van der Waals surface area (Å²) in [7, 11) is 0. The SMILES string of the molecule is CC(NC(=O)Nc1ccccc1C(F)(F)F)C1CCNC1. The van der Waals surface area contributed by atoms with Crippen molar-refractivity contribution in [2.24, 2.45) is 5.92 Å². The number of carbonyl (C=O) groups excluding carboxylic acids is 1. The maximum atomic E-state index is 12.8. The molecule has 2 unspecified atom stereocenters. The van der Waals surface area contributed by atoms with E-state index in [2.05, 4.69) is 16.0 Å². The molecular formula is C14H18F3N3O. The molecule has 7 heteroatoms. The van der Waals surface area contributed by atoms with Gasteiger partial charge in [-0.3, -0.25) is 0 Å². The summed E-state index contributed by atoms with van der Waals surface area (Å²) in [4.78, 5) is 11.8. The predicted molar refractivity (Wildman–Crippen MR) is 74.0 cm³/mol. The Balaban J connectivity index is 1.99. The van der Waals surface area contributed by atoms with Crippen molar-refractivity contribution < 1.29 is 18.0 Å². The lowest BCUT2D eigenvalue weighted by Crippen LogP contribution is -2.41. The molecule has 1 aromatic rings. The molecule has 2 amide bonds. The summed E-state index contributed by atoms with van der Waals surface area (Å²) < 4.78 is 38.5. The van der Waals surface area contributed by atoms with Crippen LogP contribution >= 0.6 is 0 Å². The van der Waals surface area contributed by atoms with Gasteiger partial charge >= 0.3 is 12.2 Å². The fourth-order valence-corrected chi connectivity index (χ4v) is 2.43. The Kier molecular flexibility index (Phi) is 4.72. The highest BCUT2D eigenvalue weighted by molar-refractivity contribution is 5.90. The number of amides is 2. The van der Waals surface area contributed by atoms with Gasteiger partial charge in [0, 0.05) is 6.04 Å². The summed E-state index contributed by atoms with van der Waals surface area (Å²) in [6.07, 6.45) is -3.55. The quantitative estimate of drug-likeness (QED) is 0.804. The van der Waals surface area contributed by atoms with Gasteiger partial charge in [0.05, 0.1) is 11.3 Å². The van der Waals surface area contributed by atoms with Gasteiger partial charge in [0.2, 0.25) is 0 Å². The monoisotopic (exact) mass is 301 g/mol. The third kappa shape index (κ3) is 4.10. The van der Waals surface area contributed by atoms with Gasteiger partial charge in [0.15, 0.2) is 0 Å². The summed E-state index contributed by atoms with van der Waals surface area (Å²) in [6.45, 7) is 3.56. The molecule has 0 saturated carbocycles. The van der Waals surface area contributed by atoms with Crippen molar-refractivity contribution in [3.63, 3.8) is 0 Å². The minimum atomic E-state index is -4.50. The average Bonchev–Trinajstić information content (AvgIpc) is 2.91. The lowest BCUT2D eigenvalue weighted by atomic mass is 10.0. The van der Waals surface area contributed by atoms with E-state index < -0.39 is 17.8 Å². The maximum Gasteiger partial charge on any atom is 0.418 e. The molecule has 0 aliphatic carbocycles. The summed E-state index contributed by atoms with van der Waals surface area (Å²) in [5, 5.41) is 8.16. The zero-order valence-corrected chi connectivity index (χ0v) is 11.6. The second kappa shape index (κ2) is 6.34. The lowest BCUT2D eigenvalue weighted by molar-refractivity contribution is -0.136. The van der Waals surface area contributed by atoms with Gasteiger partial charge in [-0.15, -0.1) is 0 Å². The Hall–Kier alpha value is -1.76. The molecule has 0 spiro atoms. The highest BCUT2D eigenvalue weighted by Crippen LogP contribution is 2.34. The number of halogens is 3. The first-order chi connectivity index (χ1) is 9.88. The maximum absolute atomic E-state index is 12.8. The van der Waals surface area contributed by atoms with E-state index in [4.69, 9.17) is 0 Å². The molecule has 1 heterocycles. The molecule has 0 radical (unpaired) electrons. The first-order valence-electron chi connectivity index (χ1n) is 6.82. The molecule has 1 saturated heterocycles. The van der Waals surface area contributed by atoms with Crippen LogP contribution in [0.25, 0.3) is 0 Å². The molecule has 3 N–H and O–H groups in total. The zero-order valence-electron chi connectivity index (χ0n) is 11.6. The third-order valence-corrected chi connectivity index (χ3v) is 3.64. The summed E-state index contributed by atoms with van der Waals surface area (Å²) >= 11 is 0. The van der Waals surface area contributed by atoms with Gasteiger partial charge in [-0.25, -0.2) is 4.79 Å². The number of hydrogen-bond acceptors (Lipinski definition) is 2. The van der Waals surface area contributed by atoms with E-state index in [0.717, 1.165) is 25.6 Å². The first-order valence-corrected chi connectivity index (χ1v) is 6.82. The number of benzene rings is 1. The van der Waals surface area contributed by atoms with Crippen LogP contribution in [0, 0.1) is 5.92 Å². The van der Waals surface area contributed by atoms with Gasteiger partial charge in [0.1, 0.15) is 0 Å². The Morgan fingerprint density at radius 2 is 2.10 bits per heavy atom. The molecule has 0 bridgehead atoms. The molecule has 1 aliphatic rings. The van der Waals surface area contributed by atoms with Crippen LogP contribution in [0.4, 0.5) is 23.7 Å². The Bertz CT molecular complexity index is 498. The van der Waals surface area contributed by atoms with E-state index in [1.807, 2.05) is 6.92 Å². The number of carbonyl (C=O) groups is 1. The first kappa shape index (κ1) is 15.6. The average molecular weight is 301 g/mol. The second-order valence-corrected chi connectivity index (χ2v) is 5.18. The molecule has 4 nitrogen and oxygen atoms in total. The van der Waals surface area contributed by atoms with E-state index in [1.165, 1.54) is 18.2 Å². The predicted octanol–water partition coefficient (Wildman–Crippen LogP) is 2.82. The molecule has 116 valence electrons. The zero-order chi connectivity index (χ0) is 15.5. The number of rotatable bonds is 3. The number of anilines is 1. The fraction of sp³-hybridized carbons (Fsp3) is 0.500. The lowest BCUT2D eigenvalue weighted by Gasteiger charge is -2.21. The van der Waals surface area contributed by atoms with E-state index in [9.17, 15) is 18.0 Å². The van der Waals surface area contributed by atoms with E-state index in [-0.39, 0.29) is 11.7 Å². The number of para-hydroxylation sites is 1. The van der Waals surface area contributed by atoms with Crippen molar-refractivity contribution in [1.82, 2.24) is 10.6 Å². The van der Waals surface area contributed by atoms with Crippen LogP contribution in [-0.4, -0.2) is 25.2 Å². The van der Waals surface area contributed by atoms with Crippen molar-refractivity contribution in [3.05, 3.63) is 29.8 Å². The number of nitrogens with one attached hydrogen (secondary N) is 3. The number of alkyl halides is 3. The largest absolute Gasteiger partial charge is 0.418 e. The van der Waals surface area contributed by atoms with Crippen LogP contribution in [0.5, 0.6) is 0 Å².